The average molecular weight is 325 g/mol. The number of benzene rings is 1. The van der Waals surface area contributed by atoms with Crippen LogP contribution < -0.4 is 10.8 Å². The Kier molecular flexibility index (Phi) is 4.22. The number of aromatic nitrogens is 2. The van der Waals surface area contributed by atoms with Crippen molar-refractivity contribution in [2.75, 3.05) is 18.5 Å². The van der Waals surface area contributed by atoms with Crippen molar-refractivity contribution in [3.05, 3.63) is 47.4 Å². The van der Waals surface area contributed by atoms with Crippen molar-refractivity contribution in [3.8, 4) is 0 Å². The molecule has 1 aromatic heterocycles. The van der Waals surface area contributed by atoms with Gasteiger partial charge in [-0.25, -0.2) is 9.97 Å². The number of aryl methyl sites for hydroxylation is 1. The maximum absolute atomic E-state index is 10.1. The number of hydrogen-bond donors (Lipinski definition) is 2. The van der Waals surface area contributed by atoms with E-state index in [-0.39, 0.29) is 6.04 Å². The molecular weight excluding hydrogens is 305 g/mol. The van der Waals surface area contributed by atoms with E-state index < -0.39 is 13.2 Å². The second-order valence-electron chi connectivity index (χ2n) is 6.32. The summed E-state index contributed by atoms with van der Waals surface area (Å²) in [5.41, 5.74) is 2.68. The van der Waals surface area contributed by atoms with Gasteiger partial charge >= 0.3 is 7.12 Å². The summed E-state index contributed by atoms with van der Waals surface area (Å²) in [6.45, 7) is 3.51. The summed E-state index contributed by atoms with van der Waals surface area (Å²) in [5, 5.41) is 13.5. The fourth-order valence-corrected chi connectivity index (χ4v) is 3.23. The normalized spacial score (nSPS) is 23.2. The third-order valence-electron chi connectivity index (χ3n) is 4.54. The Morgan fingerprint density at radius 1 is 1.33 bits per heavy atom. The van der Waals surface area contributed by atoms with E-state index in [0.29, 0.717) is 12.4 Å². The highest BCUT2D eigenvalue weighted by molar-refractivity contribution is 6.61. The highest BCUT2D eigenvalue weighted by atomic mass is 16.5. The van der Waals surface area contributed by atoms with Crippen LogP contribution in [0.4, 0.5) is 5.82 Å². The lowest BCUT2D eigenvalue weighted by Crippen LogP contribution is -2.31. The van der Waals surface area contributed by atoms with Crippen molar-refractivity contribution in [1.82, 2.24) is 9.97 Å². The molecule has 0 saturated carbocycles. The molecule has 1 saturated heterocycles. The van der Waals surface area contributed by atoms with Crippen molar-refractivity contribution in [2.45, 2.75) is 31.9 Å². The number of ether oxygens (including phenoxy) is 1. The van der Waals surface area contributed by atoms with Crippen molar-refractivity contribution < 1.29 is 14.4 Å². The van der Waals surface area contributed by atoms with Gasteiger partial charge in [-0.1, -0.05) is 24.3 Å². The van der Waals surface area contributed by atoms with Crippen molar-refractivity contribution in [1.29, 1.82) is 0 Å². The summed E-state index contributed by atoms with van der Waals surface area (Å²) < 4.78 is 11.2. The molecule has 2 unspecified atom stereocenters. The summed E-state index contributed by atoms with van der Waals surface area (Å²) in [6, 6.07) is 7.90. The Bertz CT molecular complexity index is 737. The Morgan fingerprint density at radius 2 is 2.21 bits per heavy atom. The van der Waals surface area contributed by atoms with E-state index in [1.807, 2.05) is 31.2 Å². The molecule has 0 spiro atoms. The molecule has 2 aromatic rings. The molecule has 4 rings (SSSR count). The van der Waals surface area contributed by atoms with Crippen LogP contribution in [0.5, 0.6) is 0 Å². The topological polar surface area (TPSA) is 76.5 Å². The molecule has 3 heterocycles. The number of anilines is 1. The van der Waals surface area contributed by atoms with Crippen molar-refractivity contribution in [3.63, 3.8) is 0 Å². The van der Waals surface area contributed by atoms with Crippen LogP contribution in [0.25, 0.3) is 0 Å². The number of nitrogens with zero attached hydrogens (tertiary/aromatic N) is 2. The van der Waals surface area contributed by atoms with Gasteiger partial charge in [0.1, 0.15) is 11.9 Å². The second-order valence-corrected chi connectivity index (χ2v) is 6.32. The van der Waals surface area contributed by atoms with E-state index in [1.165, 1.54) is 0 Å². The van der Waals surface area contributed by atoms with Crippen LogP contribution in [0.3, 0.4) is 0 Å². The molecule has 2 aliphatic heterocycles. The van der Waals surface area contributed by atoms with E-state index in [4.69, 9.17) is 9.39 Å². The zero-order valence-electron chi connectivity index (χ0n) is 13.6. The first-order valence-corrected chi connectivity index (χ1v) is 8.32. The van der Waals surface area contributed by atoms with Crippen molar-refractivity contribution >= 4 is 18.4 Å². The zero-order valence-corrected chi connectivity index (χ0v) is 13.6. The minimum absolute atomic E-state index is 0.266. The Balaban J connectivity index is 1.61. The molecule has 0 bridgehead atoms. The summed E-state index contributed by atoms with van der Waals surface area (Å²) in [5.74, 6) is 1.36. The van der Waals surface area contributed by atoms with E-state index >= 15 is 0 Å². The molecule has 0 aliphatic carbocycles. The maximum atomic E-state index is 10.1. The first-order chi connectivity index (χ1) is 11.7. The van der Waals surface area contributed by atoms with Gasteiger partial charge in [0.2, 0.25) is 0 Å². The van der Waals surface area contributed by atoms with Gasteiger partial charge in [0.05, 0.1) is 12.6 Å². The lowest BCUT2D eigenvalue weighted by atomic mass is 9.79. The van der Waals surface area contributed by atoms with Gasteiger partial charge in [-0.05, 0) is 30.8 Å². The first-order valence-electron chi connectivity index (χ1n) is 8.32. The number of rotatable bonds is 3. The molecule has 0 amide bonds. The van der Waals surface area contributed by atoms with Crippen molar-refractivity contribution in [2.24, 2.45) is 0 Å². The van der Waals surface area contributed by atoms with Crippen LogP contribution in [-0.4, -0.2) is 41.4 Å². The van der Waals surface area contributed by atoms with Gasteiger partial charge in [0.15, 0.2) is 5.82 Å². The van der Waals surface area contributed by atoms with Gasteiger partial charge < -0.3 is 19.7 Å². The quantitative estimate of drug-likeness (QED) is 0.826. The Labute approximate surface area is 141 Å². The smallest absolute Gasteiger partial charge is 0.423 e. The molecule has 7 heteroatoms. The summed E-state index contributed by atoms with van der Waals surface area (Å²) in [7, 11) is -0.931. The van der Waals surface area contributed by atoms with Crippen LogP contribution in [0.1, 0.15) is 35.9 Å². The molecule has 124 valence electrons. The number of nitrogens with one attached hydrogen (secondary N) is 1. The van der Waals surface area contributed by atoms with Crippen LogP contribution >= 0.6 is 0 Å². The molecule has 1 aromatic carbocycles. The summed E-state index contributed by atoms with van der Waals surface area (Å²) in [6.07, 6.45) is 3.48. The van der Waals surface area contributed by atoms with Crippen LogP contribution in [0, 0.1) is 6.92 Å². The lowest BCUT2D eigenvalue weighted by molar-refractivity contribution is 0.0874. The maximum Gasteiger partial charge on any atom is 0.492 e. The fourth-order valence-electron chi connectivity index (χ4n) is 3.23. The molecule has 2 aliphatic rings. The Morgan fingerprint density at radius 3 is 3.04 bits per heavy atom. The fraction of sp³-hybridized carbons (Fsp3) is 0.412. The van der Waals surface area contributed by atoms with Gasteiger partial charge in [0, 0.05) is 18.4 Å². The third-order valence-corrected chi connectivity index (χ3v) is 4.54. The van der Waals surface area contributed by atoms with Gasteiger partial charge in [-0.15, -0.1) is 0 Å². The standard InChI is InChI=1S/C17H20BN3O3/c1-11-9-19-17(21-16(11)20-12-5-4-8-23-10-12)15-13-6-2-3-7-14(13)18(22)24-15/h2-3,6-7,9,12,15,22H,4-5,8,10H2,1H3,(H,19,20,21). The van der Waals surface area contributed by atoms with Gasteiger partial charge in [-0.3, -0.25) is 0 Å². The lowest BCUT2D eigenvalue weighted by Gasteiger charge is -2.24. The minimum atomic E-state index is -0.931. The monoisotopic (exact) mass is 325 g/mol. The van der Waals surface area contributed by atoms with E-state index in [0.717, 1.165) is 41.9 Å². The Hall–Kier alpha value is -1.96. The van der Waals surface area contributed by atoms with Crippen LogP contribution in [0.2, 0.25) is 0 Å². The largest absolute Gasteiger partial charge is 0.492 e. The minimum Gasteiger partial charge on any atom is -0.423 e. The average Bonchev–Trinajstić information content (AvgIpc) is 2.95. The predicted molar refractivity (Wildman–Crippen MR) is 91.2 cm³/mol. The van der Waals surface area contributed by atoms with E-state index in [1.54, 1.807) is 6.20 Å². The van der Waals surface area contributed by atoms with Gasteiger partial charge in [0.25, 0.3) is 0 Å². The van der Waals surface area contributed by atoms with Gasteiger partial charge in [-0.2, -0.15) is 0 Å². The molecule has 6 nitrogen and oxygen atoms in total. The summed E-state index contributed by atoms with van der Waals surface area (Å²) >= 11 is 0. The molecule has 24 heavy (non-hydrogen) atoms. The zero-order chi connectivity index (χ0) is 16.5. The molecule has 0 radical (unpaired) electrons. The first kappa shape index (κ1) is 15.6. The number of hydrogen-bond acceptors (Lipinski definition) is 6. The van der Waals surface area contributed by atoms with E-state index in [9.17, 15) is 5.02 Å². The third kappa shape index (κ3) is 2.90. The van der Waals surface area contributed by atoms with E-state index in [2.05, 4.69) is 15.3 Å². The number of fused-ring (bicyclic) bond motifs is 1. The molecular formula is C17H20BN3O3. The van der Waals surface area contributed by atoms with Crippen LogP contribution in [-0.2, 0) is 9.39 Å². The highest BCUT2D eigenvalue weighted by Crippen LogP contribution is 2.29. The highest BCUT2D eigenvalue weighted by Gasteiger charge is 2.37. The van der Waals surface area contributed by atoms with Crippen LogP contribution in [0.15, 0.2) is 30.5 Å². The predicted octanol–water partition coefficient (Wildman–Crippen LogP) is 1.18. The SMILES string of the molecule is Cc1cnc(C2OB(O)c3ccccc32)nc1NC1CCCOC1. The molecule has 2 N–H and O–H groups in total. The molecule has 1 fully saturated rings. The second kappa shape index (κ2) is 6.51. The molecule has 2 atom stereocenters. The summed E-state index contributed by atoms with van der Waals surface area (Å²) in [4.78, 5) is 9.10.